The summed E-state index contributed by atoms with van der Waals surface area (Å²) in [6.07, 6.45) is 2.68. The van der Waals surface area contributed by atoms with Gasteiger partial charge in [0.2, 0.25) is 0 Å². The van der Waals surface area contributed by atoms with E-state index in [0.29, 0.717) is 0 Å². The largest absolute Gasteiger partial charge is 0.375 e. The lowest BCUT2D eigenvalue weighted by atomic mass is 10.1. The second-order valence-corrected chi connectivity index (χ2v) is 3.71. The lowest BCUT2D eigenvalue weighted by Gasteiger charge is -2.20. The summed E-state index contributed by atoms with van der Waals surface area (Å²) in [5.41, 5.74) is 3.90. The van der Waals surface area contributed by atoms with Crippen LogP contribution in [0.4, 0.5) is 0 Å². The molecule has 0 unspecified atom stereocenters. The topological polar surface area (TPSA) is 15.6 Å². The van der Waals surface area contributed by atoms with Crippen molar-refractivity contribution < 1.29 is 0 Å². The summed E-state index contributed by atoms with van der Waals surface area (Å²) in [6.45, 7) is 16.9. The minimum Gasteiger partial charge on any atom is -0.375 e. The third-order valence-corrected chi connectivity index (χ3v) is 3.00. The molecule has 0 N–H and O–H groups in total. The maximum absolute atomic E-state index is 4.21. The normalized spacial score (nSPS) is 16.5. The summed E-state index contributed by atoms with van der Waals surface area (Å²) in [5.74, 6) is 0. The van der Waals surface area contributed by atoms with Crippen LogP contribution in [0.25, 0.3) is 0 Å². The van der Waals surface area contributed by atoms with E-state index >= 15 is 0 Å². The highest BCUT2D eigenvalue weighted by Crippen LogP contribution is 2.17. The Morgan fingerprint density at radius 1 is 0.882 bits per heavy atom. The molecule has 0 spiro atoms. The van der Waals surface area contributed by atoms with Crippen LogP contribution in [0.15, 0.2) is 16.3 Å². The molecule has 1 rings (SSSR count). The van der Waals surface area contributed by atoms with Gasteiger partial charge in [0.05, 0.1) is 0 Å². The quantitative estimate of drug-likeness (QED) is 0.648. The number of likely N-dealkylation sites (tertiary alicyclic amines) is 1. The first-order chi connectivity index (χ1) is 8.16. The van der Waals surface area contributed by atoms with Crippen molar-refractivity contribution in [1.82, 2.24) is 4.90 Å². The standard InChI is InChI=1S/C11H20N2.2C2H6/c1-9(10(2)12-4)11(3)13-7-5-6-8-13;2*1-2/h5-8H2,1-4H3;2*1-2H3/b11-9+,12-10?;;. The molecule has 1 heterocycles. The predicted molar refractivity (Wildman–Crippen MR) is 80.9 cm³/mol. The molecule has 102 valence electrons. The van der Waals surface area contributed by atoms with Gasteiger partial charge in [-0.15, -0.1) is 0 Å². The highest BCUT2D eigenvalue weighted by Gasteiger charge is 2.13. The lowest BCUT2D eigenvalue weighted by molar-refractivity contribution is 0.425. The molecule has 0 saturated carbocycles. The number of hydrogen-bond donors (Lipinski definition) is 0. The Kier molecular flexibility index (Phi) is 12.8. The first kappa shape index (κ1) is 18.6. The Balaban J connectivity index is 0. The number of allylic oxidation sites excluding steroid dienone is 2. The first-order valence-electron chi connectivity index (χ1n) is 7.03. The fourth-order valence-corrected chi connectivity index (χ4v) is 1.72. The minimum atomic E-state index is 1.16. The summed E-state index contributed by atoms with van der Waals surface area (Å²) in [5, 5.41) is 0. The van der Waals surface area contributed by atoms with Gasteiger partial charge in [0.1, 0.15) is 0 Å². The van der Waals surface area contributed by atoms with Crippen LogP contribution in [-0.2, 0) is 0 Å². The SMILES string of the molecule is CC.CC.CN=C(C)/C(C)=C(\C)N1CCCC1. The highest BCUT2D eigenvalue weighted by atomic mass is 15.1. The van der Waals surface area contributed by atoms with Gasteiger partial charge in [0.25, 0.3) is 0 Å². The van der Waals surface area contributed by atoms with Gasteiger partial charge in [0.15, 0.2) is 0 Å². The van der Waals surface area contributed by atoms with Crippen LogP contribution in [0.3, 0.4) is 0 Å². The molecule has 0 aliphatic carbocycles. The first-order valence-corrected chi connectivity index (χ1v) is 7.03. The van der Waals surface area contributed by atoms with Crippen molar-refractivity contribution >= 4 is 5.71 Å². The molecule has 0 aromatic rings. The number of nitrogens with zero attached hydrogens (tertiary/aromatic N) is 2. The number of hydrogen-bond acceptors (Lipinski definition) is 2. The smallest absolute Gasteiger partial charge is 0.0360 e. The summed E-state index contributed by atoms with van der Waals surface area (Å²) in [7, 11) is 1.86. The summed E-state index contributed by atoms with van der Waals surface area (Å²) in [4.78, 5) is 6.68. The molecule has 0 bridgehead atoms. The molecule has 0 atom stereocenters. The zero-order valence-corrected chi connectivity index (χ0v) is 13.2. The second kappa shape index (κ2) is 11.7. The Labute approximate surface area is 109 Å². The molecule has 17 heavy (non-hydrogen) atoms. The second-order valence-electron chi connectivity index (χ2n) is 3.71. The molecular weight excluding hydrogens is 208 g/mol. The molecule has 2 nitrogen and oxygen atoms in total. The van der Waals surface area contributed by atoms with E-state index in [2.05, 4.69) is 30.7 Å². The van der Waals surface area contributed by atoms with Crippen molar-refractivity contribution in [2.45, 2.75) is 61.3 Å². The molecular formula is C15H32N2. The van der Waals surface area contributed by atoms with E-state index in [9.17, 15) is 0 Å². The van der Waals surface area contributed by atoms with Crippen LogP contribution < -0.4 is 0 Å². The minimum absolute atomic E-state index is 1.16. The lowest BCUT2D eigenvalue weighted by Crippen LogP contribution is -2.19. The van der Waals surface area contributed by atoms with E-state index in [4.69, 9.17) is 0 Å². The third kappa shape index (κ3) is 6.50. The van der Waals surface area contributed by atoms with Crippen molar-refractivity contribution in [2.24, 2.45) is 4.99 Å². The molecule has 1 fully saturated rings. The molecule has 0 amide bonds. The Hall–Kier alpha value is -0.790. The average molecular weight is 240 g/mol. The zero-order valence-electron chi connectivity index (χ0n) is 13.2. The van der Waals surface area contributed by atoms with Crippen molar-refractivity contribution in [1.29, 1.82) is 0 Å². The van der Waals surface area contributed by atoms with E-state index in [0.717, 1.165) is 5.71 Å². The highest BCUT2D eigenvalue weighted by molar-refractivity contribution is 5.98. The van der Waals surface area contributed by atoms with E-state index in [1.165, 1.54) is 37.2 Å². The van der Waals surface area contributed by atoms with Crippen LogP contribution in [0.2, 0.25) is 0 Å². The fourth-order valence-electron chi connectivity index (χ4n) is 1.72. The number of aliphatic imine (C=N–C) groups is 1. The summed E-state index contributed by atoms with van der Waals surface area (Å²) < 4.78 is 0. The maximum atomic E-state index is 4.21. The van der Waals surface area contributed by atoms with Gasteiger partial charge in [0, 0.05) is 31.5 Å². The van der Waals surface area contributed by atoms with Gasteiger partial charge in [-0.05, 0) is 39.2 Å². The van der Waals surface area contributed by atoms with Crippen molar-refractivity contribution in [3.63, 3.8) is 0 Å². The third-order valence-electron chi connectivity index (χ3n) is 3.00. The average Bonchev–Trinajstić information content (AvgIpc) is 2.94. The molecule has 2 heteroatoms. The van der Waals surface area contributed by atoms with Gasteiger partial charge < -0.3 is 4.90 Å². The summed E-state index contributed by atoms with van der Waals surface area (Å²) in [6, 6.07) is 0. The molecule has 0 radical (unpaired) electrons. The van der Waals surface area contributed by atoms with Crippen LogP contribution in [0.1, 0.15) is 61.3 Å². The molecule has 1 saturated heterocycles. The van der Waals surface area contributed by atoms with Crippen molar-refractivity contribution in [3.05, 3.63) is 11.3 Å². The van der Waals surface area contributed by atoms with Crippen LogP contribution >= 0.6 is 0 Å². The van der Waals surface area contributed by atoms with E-state index < -0.39 is 0 Å². The predicted octanol–water partition coefficient (Wildman–Crippen LogP) is 4.52. The van der Waals surface area contributed by atoms with Crippen molar-refractivity contribution in [3.8, 4) is 0 Å². The molecule has 0 aromatic carbocycles. The van der Waals surface area contributed by atoms with Gasteiger partial charge in [-0.2, -0.15) is 0 Å². The summed E-state index contributed by atoms with van der Waals surface area (Å²) >= 11 is 0. The van der Waals surface area contributed by atoms with Gasteiger partial charge in [-0.1, -0.05) is 27.7 Å². The van der Waals surface area contributed by atoms with Crippen LogP contribution in [0, 0.1) is 0 Å². The van der Waals surface area contributed by atoms with Crippen LogP contribution in [-0.4, -0.2) is 30.7 Å². The van der Waals surface area contributed by atoms with Gasteiger partial charge in [-0.25, -0.2) is 0 Å². The Bertz CT molecular complexity index is 233. The maximum Gasteiger partial charge on any atom is 0.0360 e. The van der Waals surface area contributed by atoms with Crippen LogP contribution in [0.5, 0.6) is 0 Å². The molecule has 1 aliphatic heterocycles. The fraction of sp³-hybridized carbons (Fsp3) is 0.800. The Morgan fingerprint density at radius 3 is 1.65 bits per heavy atom. The van der Waals surface area contributed by atoms with E-state index in [-0.39, 0.29) is 0 Å². The zero-order chi connectivity index (χ0) is 13.8. The van der Waals surface area contributed by atoms with Gasteiger partial charge >= 0.3 is 0 Å². The molecule has 1 aliphatic rings. The monoisotopic (exact) mass is 240 g/mol. The Morgan fingerprint density at radius 2 is 1.29 bits per heavy atom. The molecule has 0 aromatic heterocycles. The van der Waals surface area contributed by atoms with E-state index in [1.807, 2.05) is 34.7 Å². The number of rotatable bonds is 2. The van der Waals surface area contributed by atoms with E-state index in [1.54, 1.807) is 0 Å². The van der Waals surface area contributed by atoms with Crippen molar-refractivity contribution in [2.75, 3.05) is 20.1 Å². The van der Waals surface area contributed by atoms with Gasteiger partial charge in [-0.3, -0.25) is 4.99 Å².